The van der Waals surface area contributed by atoms with E-state index in [1.54, 1.807) is 29.2 Å². The molecule has 0 N–H and O–H groups in total. The molecule has 1 aliphatic heterocycles. The minimum Gasteiger partial charge on any atom is -0.450 e. The highest BCUT2D eigenvalue weighted by Gasteiger charge is 2.42. The second kappa shape index (κ2) is 7.28. The van der Waals surface area contributed by atoms with Gasteiger partial charge in [0.05, 0.1) is 17.0 Å². The van der Waals surface area contributed by atoms with E-state index in [4.69, 9.17) is 16.0 Å². The molecule has 0 bridgehead atoms. The van der Waals surface area contributed by atoms with Gasteiger partial charge in [0.15, 0.2) is 5.43 Å². The van der Waals surface area contributed by atoms with E-state index in [2.05, 4.69) is 0 Å². The summed E-state index contributed by atoms with van der Waals surface area (Å²) >= 11 is 6.22. The van der Waals surface area contributed by atoms with Gasteiger partial charge in [-0.15, -0.1) is 0 Å². The molecule has 1 aliphatic rings. The first-order valence-electron chi connectivity index (χ1n) is 9.26. The zero-order valence-electron chi connectivity index (χ0n) is 16.3. The van der Waals surface area contributed by atoms with Crippen LogP contribution in [-0.2, 0) is 0 Å². The quantitative estimate of drug-likeness (QED) is 0.647. The topological polar surface area (TPSA) is 53.8 Å². The van der Waals surface area contributed by atoms with E-state index in [1.807, 2.05) is 25.9 Å². The van der Waals surface area contributed by atoms with Gasteiger partial charge < -0.3 is 14.2 Å². The molecular weight excluding hydrogens is 395 g/mol. The van der Waals surface area contributed by atoms with Gasteiger partial charge in [0.1, 0.15) is 11.4 Å². The summed E-state index contributed by atoms with van der Waals surface area (Å²) in [5, 5.41) is 0.783. The van der Waals surface area contributed by atoms with Crippen LogP contribution in [0.3, 0.4) is 0 Å². The number of amides is 1. The highest BCUT2D eigenvalue weighted by molar-refractivity contribution is 6.32. The van der Waals surface area contributed by atoms with Crippen molar-refractivity contribution in [1.82, 2.24) is 9.80 Å². The Bertz CT molecular complexity index is 1170. The van der Waals surface area contributed by atoms with Crippen LogP contribution in [-0.4, -0.2) is 42.9 Å². The van der Waals surface area contributed by atoms with Crippen LogP contribution in [0.4, 0.5) is 4.39 Å². The third-order valence-electron chi connectivity index (χ3n) is 5.22. The molecule has 1 atom stereocenters. The van der Waals surface area contributed by atoms with Gasteiger partial charge in [-0.1, -0.05) is 23.7 Å². The van der Waals surface area contributed by atoms with Gasteiger partial charge in [-0.25, -0.2) is 4.39 Å². The summed E-state index contributed by atoms with van der Waals surface area (Å²) < 4.78 is 19.4. The first-order chi connectivity index (χ1) is 13.8. The van der Waals surface area contributed by atoms with Gasteiger partial charge in [-0.05, 0) is 56.4 Å². The smallest absolute Gasteiger partial charge is 0.290 e. The summed E-state index contributed by atoms with van der Waals surface area (Å²) in [4.78, 5) is 30.1. The summed E-state index contributed by atoms with van der Waals surface area (Å²) in [7, 11) is 3.81. The average molecular weight is 415 g/mol. The lowest BCUT2D eigenvalue weighted by molar-refractivity contribution is 0.0716. The molecule has 0 aliphatic carbocycles. The zero-order valence-corrected chi connectivity index (χ0v) is 17.1. The van der Waals surface area contributed by atoms with E-state index in [0.717, 1.165) is 5.56 Å². The third-order valence-corrected chi connectivity index (χ3v) is 5.63. The number of halogens is 2. The van der Waals surface area contributed by atoms with Gasteiger partial charge in [0, 0.05) is 18.1 Å². The van der Waals surface area contributed by atoms with Gasteiger partial charge >= 0.3 is 0 Å². The molecule has 4 rings (SSSR count). The molecule has 3 aromatic rings. The lowest BCUT2D eigenvalue weighted by Gasteiger charge is -2.26. The second-order valence-corrected chi connectivity index (χ2v) is 7.93. The maximum atomic E-state index is 13.5. The third kappa shape index (κ3) is 3.32. The van der Waals surface area contributed by atoms with Crippen molar-refractivity contribution in [3.63, 3.8) is 0 Å². The highest BCUT2D eigenvalue weighted by Crippen LogP contribution is 2.38. The van der Waals surface area contributed by atoms with E-state index in [-0.39, 0.29) is 28.5 Å². The molecule has 1 amide bonds. The molecule has 150 valence electrons. The second-order valence-electron chi connectivity index (χ2n) is 7.53. The van der Waals surface area contributed by atoms with E-state index < -0.39 is 6.04 Å². The molecule has 1 unspecified atom stereocenters. The maximum absolute atomic E-state index is 13.5. The Morgan fingerprint density at radius 3 is 2.52 bits per heavy atom. The molecule has 0 saturated heterocycles. The van der Waals surface area contributed by atoms with Crippen molar-refractivity contribution in [2.24, 2.45) is 0 Å². The van der Waals surface area contributed by atoms with E-state index in [0.29, 0.717) is 34.6 Å². The molecule has 0 radical (unpaired) electrons. The van der Waals surface area contributed by atoms with Crippen LogP contribution in [0.15, 0.2) is 45.6 Å². The summed E-state index contributed by atoms with van der Waals surface area (Å²) in [6, 6.07) is 8.44. The van der Waals surface area contributed by atoms with Gasteiger partial charge in [0.2, 0.25) is 5.76 Å². The lowest BCUT2D eigenvalue weighted by atomic mass is 9.98. The van der Waals surface area contributed by atoms with Crippen LogP contribution in [0.2, 0.25) is 5.02 Å². The molecule has 0 fully saturated rings. The Labute approximate surface area is 172 Å². The van der Waals surface area contributed by atoms with E-state index in [9.17, 15) is 14.0 Å². The normalized spacial score (nSPS) is 16.1. The largest absolute Gasteiger partial charge is 0.450 e. The number of hydrogen-bond acceptors (Lipinski definition) is 4. The van der Waals surface area contributed by atoms with Crippen molar-refractivity contribution in [1.29, 1.82) is 0 Å². The van der Waals surface area contributed by atoms with Crippen LogP contribution in [0, 0.1) is 12.7 Å². The first-order valence-corrected chi connectivity index (χ1v) is 9.63. The molecule has 0 saturated carbocycles. The molecule has 7 heteroatoms. The Morgan fingerprint density at radius 2 is 1.86 bits per heavy atom. The van der Waals surface area contributed by atoms with E-state index in [1.165, 1.54) is 12.1 Å². The van der Waals surface area contributed by atoms with Gasteiger partial charge in [0.25, 0.3) is 5.91 Å². The average Bonchev–Trinajstić information content (AvgIpc) is 2.95. The van der Waals surface area contributed by atoms with Crippen molar-refractivity contribution in [2.75, 3.05) is 27.2 Å². The molecule has 0 spiro atoms. The predicted molar refractivity (Wildman–Crippen MR) is 110 cm³/mol. The van der Waals surface area contributed by atoms with Crippen LogP contribution in [0.25, 0.3) is 11.0 Å². The summed E-state index contributed by atoms with van der Waals surface area (Å²) in [5.41, 5.74) is 1.72. The number of hydrogen-bond donors (Lipinski definition) is 0. The lowest BCUT2D eigenvalue weighted by Crippen LogP contribution is -2.35. The molecule has 2 aromatic carbocycles. The number of carbonyl (C=O) groups is 1. The number of fused-ring (bicyclic) bond motifs is 2. The fourth-order valence-electron chi connectivity index (χ4n) is 3.67. The molecular formula is C22H20ClFN2O3. The summed E-state index contributed by atoms with van der Waals surface area (Å²) in [6.07, 6.45) is 0. The van der Waals surface area contributed by atoms with Crippen molar-refractivity contribution in [2.45, 2.75) is 13.0 Å². The SMILES string of the molecule is Cc1cc2oc3c(c(=O)c2cc1Cl)C(c1ccc(F)cc1)N(CCN(C)C)C3=O. The molecule has 29 heavy (non-hydrogen) atoms. The van der Waals surface area contributed by atoms with Crippen LogP contribution >= 0.6 is 11.6 Å². The zero-order chi connectivity index (χ0) is 20.9. The standard InChI is InChI=1S/C22H20ClFN2O3/c1-12-10-17-15(11-16(12)23)20(27)18-19(13-4-6-14(24)7-5-13)26(9-8-25(2)3)22(28)21(18)29-17/h4-7,10-11,19H,8-9H2,1-3H3. The van der Waals surface area contributed by atoms with Crippen LogP contribution < -0.4 is 5.43 Å². The number of benzene rings is 2. The number of carbonyl (C=O) groups excluding carboxylic acids is 1. The van der Waals surface area contributed by atoms with Gasteiger partial charge in [-0.2, -0.15) is 0 Å². The molecule has 2 heterocycles. The number of rotatable bonds is 4. The first kappa shape index (κ1) is 19.6. The Balaban J connectivity index is 1.96. The van der Waals surface area contributed by atoms with Gasteiger partial charge in [-0.3, -0.25) is 9.59 Å². The molecule has 1 aromatic heterocycles. The highest BCUT2D eigenvalue weighted by atomic mass is 35.5. The summed E-state index contributed by atoms with van der Waals surface area (Å²) in [6.45, 7) is 2.81. The number of aryl methyl sites for hydroxylation is 1. The van der Waals surface area contributed by atoms with Crippen LogP contribution in [0.5, 0.6) is 0 Å². The predicted octanol–water partition coefficient (Wildman–Crippen LogP) is 4.00. The minimum absolute atomic E-state index is 0.0392. The fraction of sp³-hybridized carbons (Fsp3) is 0.273. The van der Waals surface area contributed by atoms with Crippen molar-refractivity contribution < 1.29 is 13.6 Å². The minimum atomic E-state index is -0.640. The molecule has 5 nitrogen and oxygen atoms in total. The van der Waals surface area contributed by atoms with E-state index >= 15 is 0 Å². The van der Waals surface area contributed by atoms with Crippen molar-refractivity contribution >= 4 is 28.5 Å². The van der Waals surface area contributed by atoms with Crippen molar-refractivity contribution in [3.8, 4) is 0 Å². The Morgan fingerprint density at radius 1 is 1.17 bits per heavy atom. The monoisotopic (exact) mass is 414 g/mol. The maximum Gasteiger partial charge on any atom is 0.290 e. The Kier molecular flexibility index (Phi) is 4.92. The Hall–Kier alpha value is -2.70. The number of nitrogens with zero attached hydrogens (tertiary/aromatic N) is 2. The van der Waals surface area contributed by atoms with Crippen LogP contribution in [0.1, 0.15) is 33.3 Å². The number of likely N-dealkylation sites (N-methyl/N-ethyl adjacent to an activating group) is 1. The fourth-order valence-corrected chi connectivity index (χ4v) is 3.83. The van der Waals surface area contributed by atoms with Crippen molar-refractivity contribution in [3.05, 3.63) is 79.9 Å². The summed E-state index contributed by atoms with van der Waals surface area (Å²) in [5.74, 6) is -0.689.